The molecule has 2 heterocycles. The van der Waals surface area contributed by atoms with Crippen molar-refractivity contribution in [3.05, 3.63) is 81.2 Å². The Bertz CT molecular complexity index is 1040. The van der Waals surface area contributed by atoms with Crippen LogP contribution in [-0.2, 0) is 11.3 Å². The third-order valence-corrected chi connectivity index (χ3v) is 5.12. The number of ether oxygens (including phenoxy) is 1. The summed E-state index contributed by atoms with van der Waals surface area (Å²) in [5.74, 6) is -0.288. The summed E-state index contributed by atoms with van der Waals surface area (Å²) in [4.78, 5) is 27.3. The molecule has 0 N–H and O–H groups in total. The van der Waals surface area contributed by atoms with Crippen molar-refractivity contribution in [3.63, 3.8) is 0 Å². The number of carbonyl (C=O) groups excluding carboxylic acids is 1. The minimum atomic E-state index is -0.326. The van der Waals surface area contributed by atoms with Gasteiger partial charge >= 0.3 is 0 Å². The predicted molar refractivity (Wildman–Crippen MR) is 108 cm³/mol. The lowest BCUT2D eigenvalue weighted by Crippen LogP contribution is -2.37. The van der Waals surface area contributed by atoms with Crippen molar-refractivity contribution < 1.29 is 13.9 Å². The highest BCUT2D eigenvalue weighted by molar-refractivity contribution is 6.30. The maximum atomic E-state index is 13.2. The molecule has 0 saturated carbocycles. The fourth-order valence-electron chi connectivity index (χ4n) is 3.43. The van der Waals surface area contributed by atoms with Crippen LogP contribution in [0.4, 0.5) is 0 Å². The van der Waals surface area contributed by atoms with Crippen molar-refractivity contribution in [2.24, 2.45) is 0 Å². The Morgan fingerprint density at radius 2 is 1.93 bits per heavy atom. The first-order valence-corrected chi connectivity index (χ1v) is 9.66. The van der Waals surface area contributed by atoms with Crippen molar-refractivity contribution in [3.8, 4) is 0 Å². The van der Waals surface area contributed by atoms with E-state index in [2.05, 4.69) is 0 Å². The van der Waals surface area contributed by atoms with Gasteiger partial charge < -0.3 is 14.1 Å². The first-order valence-electron chi connectivity index (χ1n) is 9.28. The number of hydrogen-bond acceptors (Lipinski definition) is 4. The molecule has 1 fully saturated rings. The van der Waals surface area contributed by atoms with Gasteiger partial charge in [0.05, 0.1) is 11.5 Å². The van der Waals surface area contributed by atoms with Crippen LogP contribution < -0.4 is 5.43 Å². The van der Waals surface area contributed by atoms with Gasteiger partial charge in [-0.3, -0.25) is 9.59 Å². The number of amides is 1. The summed E-state index contributed by atoms with van der Waals surface area (Å²) < 4.78 is 11.5. The number of nitrogens with zero attached hydrogens (tertiary/aromatic N) is 1. The number of halogens is 1. The Morgan fingerprint density at radius 1 is 1.14 bits per heavy atom. The highest BCUT2D eigenvalue weighted by Crippen LogP contribution is 2.19. The molecular formula is C22H20ClNO4. The van der Waals surface area contributed by atoms with E-state index in [0.29, 0.717) is 35.7 Å². The van der Waals surface area contributed by atoms with Crippen LogP contribution >= 0.6 is 11.6 Å². The third-order valence-electron chi connectivity index (χ3n) is 4.87. The van der Waals surface area contributed by atoms with Gasteiger partial charge in [0.2, 0.25) is 0 Å². The molecule has 6 heteroatoms. The molecular weight excluding hydrogens is 378 g/mol. The Balaban J connectivity index is 1.65. The maximum Gasteiger partial charge on any atom is 0.290 e. The minimum Gasteiger partial charge on any atom is -0.451 e. The molecule has 1 aromatic heterocycles. The van der Waals surface area contributed by atoms with Crippen molar-refractivity contribution in [1.82, 2.24) is 4.90 Å². The molecule has 2 aromatic carbocycles. The molecule has 0 unspecified atom stereocenters. The summed E-state index contributed by atoms with van der Waals surface area (Å²) in [6.45, 7) is 1.53. The molecule has 0 aliphatic carbocycles. The van der Waals surface area contributed by atoms with Gasteiger partial charge in [-0.05, 0) is 42.7 Å². The van der Waals surface area contributed by atoms with Crippen molar-refractivity contribution in [2.75, 3.05) is 13.2 Å². The monoisotopic (exact) mass is 397 g/mol. The van der Waals surface area contributed by atoms with E-state index in [1.165, 1.54) is 6.07 Å². The molecule has 4 rings (SSSR count). The largest absolute Gasteiger partial charge is 0.451 e. The normalized spacial score (nSPS) is 16.4. The zero-order chi connectivity index (χ0) is 19.5. The van der Waals surface area contributed by atoms with Gasteiger partial charge in [0.15, 0.2) is 11.2 Å². The molecule has 5 nitrogen and oxygen atoms in total. The standard InChI is InChI=1S/C22H20ClNO4/c23-16-9-7-15(8-10-16)13-24(14-17-4-3-11-27-17)22(26)21-12-19(25)18-5-1-2-6-20(18)28-21/h1-2,5-10,12,17H,3-4,11,13-14H2/t17-/m0/s1. The molecule has 1 amide bonds. The van der Waals surface area contributed by atoms with E-state index in [9.17, 15) is 9.59 Å². The predicted octanol–water partition coefficient (Wildman–Crippen LogP) is 4.27. The number of hydrogen-bond donors (Lipinski definition) is 0. The summed E-state index contributed by atoms with van der Waals surface area (Å²) in [5.41, 5.74) is 1.12. The second-order valence-electron chi connectivity index (χ2n) is 6.92. The van der Waals surface area contributed by atoms with E-state index in [4.69, 9.17) is 20.8 Å². The van der Waals surface area contributed by atoms with Crippen LogP contribution in [-0.4, -0.2) is 30.1 Å². The lowest BCUT2D eigenvalue weighted by Gasteiger charge is -2.25. The van der Waals surface area contributed by atoms with Gasteiger partial charge in [0.1, 0.15) is 5.58 Å². The Hall–Kier alpha value is -2.63. The number of benzene rings is 2. The van der Waals surface area contributed by atoms with E-state index >= 15 is 0 Å². The van der Waals surface area contributed by atoms with Crippen LogP contribution in [0.25, 0.3) is 11.0 Å². The molecule has 0 radical (unpaired) electrons. The average Bonchev–Trinajstić information content (AvgIpc) is 3.22. The molecule has 1 aliphatic heterocycles. The van der Waals surface area contributed by atoms with E-state index in [1.54, 1.807) is 41.3 Å². The zero-order valence-electron chi connectivity index (χ0n) is 15.3. The van der Waals surface area contributed by atoms with Crippen molar-refractivity contribution >= 4 is 28.5 Å². The summed E-state index contributed by atoms with van der Waals surface area (Å²) >= 11 is 5.97. The molecule has 28 heavy (non-hydrogen) atoms. The molecule has 1 aliphatic rings. The highest BCUT2D eigenvalue weighted by Gasteiger charge is 2.25. The summed E-state index contributed by atoms with van der Waals surface area (Å²) in [5, 5.41) is 1.10. The maximum absolute atomic E-state index is 13.2. The van der Waals surface area contributed by atoms with Gasteiger partial charge in [-0.15, -0.1) is 0 Å². The summed E-state index contributed by atoms with van der Waals surface area (Å²) in [6, 6.07) is 15.6. The Labute approximate surface area is 167 Å². The topological polar surface area (TPSA) is 59.8 Å². The fraction of sp³-hybridized carbons (Fsp3) is 0.273. The van der Waals surface area contributed by atoms with Crippen LogP contribution in [0, 0.1) is 0 Å². The third kappa shape index (κ3) is 4.11. The minimum absolute atomic E-state index is 0.0107. The van der Waals surface area contributed by atoms with Crippen molar-refractivity contribution in [2.45, 2.75) is 25.5 Å². The van der Waals surface area contributed by atoms with Crippen LogP contribution in [0.15, 0.2) is 63.8 Å². The van der Waals surface area contributed by atoms with E-state index in [1.807, 2.05) is 12.1 Å². The van der Waals surface area contributed by atoms with Crippen LogP contribution in [0.5, 0.6) is 0 Å². The van der Waals surface area contributed by atoms with Crippen LogP contribution in [0.1, 0.15) is 29.0 Å². The Kier molecular flexibility index (Phi) is 5.46. The van der Waals surface area contributed by atoms with Crippen LogP contribution in [0.2, 0.25) is 5.02 Å². The van der Waals surface area contributed by atoms with Gasteiger partial charge in [-0.1, -0.05) is 35.9 Å². The molecule has 1 atom stereocenters. The molecule has 0 spiro atoms. The first-order chi connectivity index (χ1) is 13.6. The Morgan fingerprint density at radius 3 is 2.68 bits per heavy atom. The number of rotatable bonds is 5. The zero-order valence-corrected chi connectivity index (χ0v) is 16.0. The van der Waals surface area contributed by atoms with Gasteiger partial charge in [-0.2, -0.15) is 0 Å². The second-order valence-corrected chi connectivity index (χ2v) is 7.35. The summed E-state index contributed by atoms with van der Waals surface area (Å²) in [7, 11) is 0. The smallest absolute Gasteiger partial charge is 0.290 e. The molecule has 1 saturated heterocycles. The lowest BCUT2D eigenvalue weighted by molar-refractivity contribution is 0.0484. The molecule has 144 valence electrons. The van der Waals surface area contributed by atoms with E-state index < -0.39 is 0 Å². The van der Waals surface area contributed by atoms with Crippen LogP contribution in [0.3, 0.4) is 0 Å². The quantitative estimate of drug-likeness (QED) is 0.645. The highest BCUT2D eigenvalue weighted by atomic mass is 35.5. The number of para-hydroxylation sites is 1. The van der Waals surface area contributed by atoms with E-state index in [0.717, 1.165) is 18.4 Å². The molecule has 3 aromatic rings. The first kappa shape index (κ1) is 18.7. The second kappa shape index (κ2) is 8.17. The van der Waals surface area contributed by atoms with Crippen molar-refractivity contribution in [1.29, 1.82) is 0 Å². The summed E-state index contributed by atoms with van der Waals surface area (Å²) in [6.07, 6.45) is 1.88. The lowest BCUT2D eigenvalue weighted by atomic mass is 10.1. The number of carbonyl (C=O) groups is 1. The van der Waals surface area contributed by atoms with Gasteiger partial charge in [-0.25, -0.2) is 0 Å². The number of fused-ring (bicyclic) bond motifs is 1. The van der Waals surface area contributed by atoms with E-state index in [-0.39, 0.29) is 23.2 Å². The molecule has 0 bridgehead atoms. The fourth-order valence-corrected chi connectivity index (χ4v) is 3.55. The SMILES string of the molecule is O=C(c1cc(=O)c2ccccc2o1)N(Cc1ccc(Cl)cc1)C[C@@H]1CCCO1. The van der Waals surface area contributed by atoms with Gasteiger partial charge in [0, 0.05) is 30.8 Å². The average molecular weight is 398 g/mol. The van der Waals surface area contributed by atoms with Gasteiger partial charge in [0.25, 0.3) is 5.91 Å².